The normalized spacial score (nSPS) is 11.4. The van der Waals surface area contributed by atoms with E-state index in [0.29, 0.717) is 22.9 Å². The van der Waals surface area contributed by atoms with Crippen LogP contribution in [0.15, 0.2) is 93.2 Å². The van der Waals surface area contributed by atoms with Crippen molar-refractivity contribution in [1.29, 1.82) is 0 Å². The first-order valence-electron chi connectivity index (χ1n) is 10.9. The summed E-state index contributed by atoms with van der Waals surface area (Å²) in [4.78, 5) is 36.4. The number of carboxylic acid groups (broad SMARTS) is 1. The summed E-state index contributed by atoms with van der Waals surface area (Å²) in [7, 11) is -4.19. The number of Topliss-reactive ketones (excluding diaryl/α,β-unsaturated/α-hetero) is 1. The zero-order valence-corrected chi connectivity index (χ0v) is 21.3. The number of sulfonamides is 1. The van der Waals surface area contributed by atoms with Gasteiger partial charge in [0.25, 0.3) is 15.6 Å². The van der Waals surface area contributed by atoms with Gasteiger partial charge in [-0.25, -0.2) is 17.9 Å². The first-order valence-corrected chi connectivity index (χ1v) is 13.2. The Morgan fingerprint density at radius 2 is 1.64 bits per heavy atom. The monoisotopic (exact) mass is 568 g/mol. The molecule has 0 spiro atoms. The molecule has 1 aromatic heterocycles. The van der Waals surface area contributed by atoms with Crippen LogP contribution in [0.25, 0.3) is 10.8 Å². The number of rotatable bonds is 8. The molecule has 2 N–H and O–H groups in total. The second-order valence-corrected chi connectivity index (χ2v) is 10.7. The molecule has 4 rings (SSSR count). The summed E-state index contributed by atoms with van der Waals surface area (Å²) in [5, 5.41) is 9.97. The fourth-order valence-electron chi connectivity index (χ4n) is 3.92. The molecule has 3 aromatic carbocycles. The van der Waals surface area contributed by atoms with E-state index in [0.717, 1.165) is 15.4 Å². The molecule has 0 atom stereocenters. The largest absolute Gasteiger partial charge is 0.464 e. The highest BCUT2D eigenvalue weighted by atomic mass is 79.9. The van der Waals surface area contributed by atoms with Crippen LogP contribution in [0.4, 0.5) is 4.79 Å². The molecule has 0 radical (unpaired) electrons. The number of pyridine rings is 1. The van der Waals surface area contributed by atoms with Crippen molar-refractivity contribution in [2.24, 2.45) is 0 Å². The van der Waals surface area contributed by atoms with Crippen molar-refractivity contribution in [3.63, 3.8) is 0 Å². The molecule has 0 unspecified atom stereocenters. The molecule has 0 aliphatic heterocycles. The van der Waals surface area contributed by atoms with Gasteiger partial charge in [0.2, 0.25) is 0 Å². The third-order valence-electron chi connectivity index (χ3n) is 5.66. The van der Waals surface area contributed by atoms with Gasteiger partial charge in [0.05, 0.1) is 11.4 Å². The summed E-state index contributed by atoms with van der Waals surface area (Å²) >= 11 is 3.45. The molecule has 0 aliphatic rings. The van der Waals surface area contributed by atoms with E-state index in [4.69, 9.17) is 5.11 Å². The van der Waals surface area contributed by atoms with E-state index >= 15 is 0 Å². The fraction of sp³-hybridized carbons (Fsp3) is 0.115. The Bertz CT molecular complexity index is 1610. The molecule has 1 amide bonds. The number of aromatic nitrogens is 1. The maximum atomic E-state index is 13.2. The topological polar surface area (TPSA) is 123 Å². The number of carbonyl (C=O) groups excluding carboxylic acids is 1. The van der Waals surface area contributed by atoms with Gasteiger partial charge in [0.15, 0.2) is 5.78 Å². The molecular weight excluding hydrogens is 548 g/mol. The van der Waals surface area contributed by atoms with Crippen molar-refractivity contribution in [3.05, 3.63) is 111 Å². The number of carbonyl (C=O) groups is 2. The third-order valence-corrected chi connectivity index (χ3v) is 7.49. The smallest absolute Gasteiger partial charge is 0.418 e. The SMILES string of the molecule is O=C(O)NS(=O)(=O)c1ccc(Cn2cc(CCC(=O)c3ccccc3)c3cc(Br)ccc3c2=O)cc1. The summed E-state index contributed by atoms with van der Waals surface area (Å²) in [5.41, 5.74) is 1.89. The van der Waals surface area contributed by atoms with Crippen molar-refractivity contribution < 1.29 is 23.1 Å². The van der Waals surface area contributed by atoms with Gasteiger partial charge in [0.1, 0.15) is 0 Å². The zero-order chi connectivity index (χ0) is 25.9. The standard InChI is InChI=1S/C26H21BrN2O6S/c27-20-9-12-22-23(14-20)19(8-13-24(30)18-4-2-1-3-5-18)16-29(25(22)31)15-17-6-10-21(11-7-17)36(34,35)28-26(32)33/h1-7,9-12,14,16,28H,8,13,15H2,(H,32,33). The molecule has 184 valence electrons. The van der Waals surface area contributed by atoms with Gasteiger partial charge in [-0.2, -0.15) is 0 Å². The van der Waals surface area contributed by atoms with Crippen LogP contribution in [0, 0.1) is 0 Å². The Morgan fingerprint density at radius 3 is 2.31 bits per heavy atom. The lowest BCUT2D eigenvalue weighted by molar-refractivity contribution is 0.0983. The third kappa shape index (κ3) is 5.72. The van der Waals surface area contributed by atoms with Gasteiger partial charge in [-0.15, -0.1) is 0 Å². The lowest BCUT2D eigenvalue weighted by atomic mass is 9.99. The Hall–Kier alpha value is -3.76. The molecular formula is C26H21BrN2O6S. The quantitative estimate of drug-likeness (QED) is 0.300. The summed E-state index contributed by atoms with van der Waals surface area (Å²) in [6, 6.07) is 20.0. The minimum atomic E-state index is -4.19. The predicted molar refractivity (Wildman–Crippen MR) is 139 cm³/mol. The molecule has 0 saturated heterocycles. The van der Waals surface area contributed by atoms with E-state index in [1.54, 1.807) is 30.5 Å². The molecule has 0 aliphatic carbocycles. The molecule has 1 heterocycles. The van der Waals surface area contributed by atoms with Crippen LogP contribution >= 0.6 is 15.9 Å². The molecule has 10 heteroatoms. The summed E-state index contributed by atoms with van der Waals surface area (Å²) < 4.78 is 27.9. The summed E-state index contributed by atoms with van der Waals surface area (Å²) in [6.45, 7) is 0.164. The second kappa shape index (κ2) is 10.5. The van der Waals surface area contributed by atoms with Gasteiger partial charge < -0.3 is 9.67 Å². The number of nitrogens with zero attached hydrogens (tertiary/aromatic N) is 1. The summed E-state index contributed by atoms with van der Waals surface area (Å²) in [5.74, 6) is 0.00302. The Kier molecular flexibility index (Phi) is 7.37. The maximum absolute atomic E-state index is 13.2. The van der Waals surface area contributed by atoms with Crippen molar-refractivity contribution in [3.8, 4) is 0 Å². The van der Waals surface area contributed by atoms with Gasteiger partial charge >= 0.3 is 6.09 Å². The first-order chi connectivity index (χ1) is 17.1. The minimum Gasteiger partial charge on any atom is -0.464 e. The van der Waals surface area contributed by atoms with Crippen LogP contribution in [0.3, 0.4) is 0 Å². The maximum Gasteiger partial charge on any atom is 0.418 e. The van der Waals surface area contributed by atoms with Crippen LogP contribution < -0.4 is 10.3 Å². The second-order valence-electron chi connectivity index (χ2n) is 8.12. The van der Waals surface area contributed by atoms with Crippen molar-refractivity contribution >= 4 is 48.6 Å². The van der Waals surface area contributed by atoms with Gasteiger partial charge in [-0.3, -0.25) is 9.59 Å². The average molecular weight is 569 g/mol. The number of nitrogens with one attached hydrogen (secondary N) is 1. The van der Waals surface area contributed by atoms with Crippen LogP contribution in [-0.4, -0.2) is 30.0 Å². The van der Waals surface area contributed by atoms with Crippen molar-refractivity contribution in [1.82, 2.24) is 9.29 Å². The predicted octanol–water partition coefficient (Wildman–Crippen LogP) is 4.58. The number of benzene rings is 3. The van der Waals surface area contributed by atoms with E-state index in [2.05, 4.69) is 15.9 Å². The van der Waals surface area contributed by atoms with Gasteiger partial charge in [0, 0.05) is 28.0 Å². The van der Waals surface area contributed by atoms with Crippen LogP contribution in [0.2, 0.25) is 0 Å². The summed E-state index contributed by atoms with van der Waals surface area (Å²) in [6.07, 6.45) is 0.754. The highest BCUT2D eigenvalue weighted by Gasteiger charge is 2.17. The van der Waals surface area contributed by atoms with Gasteiger partial charge in [-0.1, -0.05) is 58.4 Å². The molecule has 4 aromatic rings. The van der Waals surface area contributed by atoms with E-state index in [9.17, 15) is 22.8 Å². The number of hydrogen-bond donors (Lipinski definition) is 2. The number of aryl methyl sites for hydroxylation is 1. The Balaban J connectivity index is 1.65. The number of amides is 1. The van der Waals surface area contributed by atoms with Crippen molar-refractivity contribution in [2.75, 3.05) is 0 Å². The molecule has 36 heavy (non-hydrogen) atoms. The number of ketones is 1. The van der Waals surface area contributed by atoms with Crippen LogP contribution in [0.1, 0.15) is 27.9 Å². The van der Waals surface area contributed by atoms with E-state index in [1.807, 2.05) is 24.3 Å². The Morgan fingerprint density at radius 1 is 0.944 bits per heavy atom. The molecule has 0 fully saturated rings. The number of halogens is 1. The molecule has 0 saturated carbocycles. The van der Waals surface area contributed by atoms with Crippen LogP contribution in [0.5, 0.6) is 0 Å². The molecule has 8 nitrogen and oxygen atoms in total. The lowest BCUT2D eigenvalue weighted by Gasteiger charge is -2.13. The highest BCUT2D eigenvalue weighted by molar-refractivity contribution is 9.10. The zero-order valence-electron chi connectivity index (χ0n) is 18.8. The average Bonchev–Trinajstić information content (AvgIpc) is 2.85. The van der Waals surface area contributed by atoms with Crippen LogP contribution in [-0.2, 0) is 23.0 Å². The van der Waals surface area contributed by atoms with Gasteiger partial charge in [-0.05, 0) is 53.3 Å². The molecule has 0 bridgehead atoms. The number of hydrogen-bond acceptors (Lipinski definition) is 5. The highest BCUT2D eigenvalue weighted by Crippen LogP contribution is 2.23. The van der Waals surface area contributed by atoms with E-state index in [-0.39, 0.29) is 29.2 Å². The van der Waals surface area contributed by atoms with E-state index < -0.39 is 16.1 Å². The fourth-order valence-corrected chi connectivity index (χ4v) is 5.12. The first kappa shape index (κ1) is 25.3. The van der Waals surface area contributed by atoms with Crippen molar-refractivity contribution in [2.45, 2.75) is 24.3 Å². The number of fused-ring (bicyclic) bond motifs is 1. The minimum absolute atomic E-state index is 0.00302. The Labute approximate surface area is 215 Å². The lowest BCUT2D eigenvalue weighted by Crippen LogP contribution is -2.28. The van der Waals surface area contributed by atoms with E-state index in [1.165, 1.54) is 33.6 Å².